The summed E-state index contributed by atoms with van der Waals surface area (Å²) in [4.78, 5) is 4.34. The number of pyridine rings is 1. The standard InChI is InChI=1S/C16H19N3O/c1-2-9-18-14(12-17)8-11-20-15-7-3-5-13-6-4-10-19-16(13)15/h3-7,10,14,18H,2,8-9,11H2,1H3. The van der Waals surface area contributed by atoms with Crippen LogP contribution in [0.1, 0.15) is 19.8 Å². The van der Waals surface area contributed by atoms with E-state index in [1.165, 1.54) is 0 Å². The van der Waals surface area contributed by atoms with Crippen LogP contribution in [0.4, 0.5) is 0 Å². The predicted octanol–water partition coefficient (Wildman–Crippen LogP) is 2.90. The molecule has 0 spiro atoms. The number of rotatable bonds is 7. The summed E-state index contributed by atoms with van der Waals surface area (Å²) in [7, 11) is 0. The molecule has 4 nitrogen and oxygen atoms in total. The Bertz CT molecular complexity index is 586. The molecule has 0 fully saturated rings. The van der Waals surface area contributed by atoms with E-state index in [4.69, 9.17) is 10.00 Å². The van der Waals surface area contributed by atoms with Gasteiger partial charge in [0, 0.05) is 18.0 Å². The molecule has 0 aliphatic heterocycles. The van der Waals surface area contributed by atoms with Gasteiger partial charge < -0.3 is 10.1 Å². The van der Waals surface area contributed by atoms with Crippen LogP contribution in [0.2, 0.25) is 0 Å². The van der Waals surface area contributed by atoms with Crippen LogP contribution in [0.5, 0.6) is 5.75 Å². The zero-order valence-corrected chi connectivity index (χ0v) is 11.7. The largest absolute Gasteiger partial charge is 0.491 e. The van der Waals surface area contributed by atoms with E-state index < -0.39 is 0 Å². The molecule has 1 aromatic heterocycles. The molecule has 0 saturated heterocycles. The third kappa shape index (κ3) is 3.69. The molecule has 0 amide bonds. The molecule has 1 heterocycles. The van der Waals surface area contributed by atoms with Gasteiger partial charge in [-0.2, -0.15) is 5.26 Å². The highest BCUT2D eigenvalue weighted by atomic mass is 16.5. The number of para-hydroxylation sites is 1. The summed E-state index contributed by atoms with van der Waals surface area (Å²) in [6.45, 7) is 3.44. The highest BCUT2D eigenvalue weighted by Gasteiger charge is 2.07. The Kier molecular flexibility index (Phi) is 5.33. The van der Waals surface area contributed by atoms with Crippen molar-refractivity contribution in [2.75, 3.05) is 13.2 Å². The Hall–Kier alpha value is -2.12. The van der Waals surface area contributed by atoms with Crippen LogP contribution in [-0.2, 0) is 0 Å². The maximum Gasteiger partial charge on any atom is 0.145 e. The van der Waals surface area contributed by atoms with Crippen molar-refractivity contribution in [2.24, 2.45) is 0 Å². The first-order valence-corrected chi connectivity index (χ1v) is 6.94. The molecular weight excluding hydrogens is 250 g/mol. The van der Waals surface area contributed by atoms with Gasteiger partial charge in [0.2, 0.25) is 0 Å². The van der Waals surface area contributed by atoms with Crippen LogP contribution in [0.15, 0.2) is 36.5 Å². The summed E-state index contributed by atoms with van der Waals surface area (Å²) in [5, 5.41) is 13.3. The van der Waals surface area contributed by atoms with Crippen molar-refractivity contribution in [3.05, 3.63) is 36.5 Å². The van der Waals surface area contributed by atoms with Crippen molar-refractivity contribution in [3.63, 3.8) is 0 Å². The third-order valence-corrected chi connectivity index (χ3v) is 3.06. The Morgan fingerprint density at radius 3 is 3.00 bits per heavy atom. The molecule has 2 rings (SSSR count). The number of nitrogens with one attached hydrogen (secondary N) is 1. The number of benzene rings is 1. The molecule has 1 aromatic carbocycles. The molecule has 104 valence electrons. The van der Waals surface area contributed by atoms with Crippen LogP contribution in [-0.4, -0.2) is 24.2 Å². The number of nitrogens with zero attached hydrogens (tertiary/aromatic N) is 2. The van der Waals surface area contributed by atoms with Crippen molar-refractivity contribution in [1.82, 2.24) is 10.3 Å². The molecule has 20 heavy (non-hydrogen) atoms. The summed E-state index contributed by atoms with van der Waals surface area (Å²) >= 11 is 0. The van der Waals surface area contributed by atoms with E-state index in [0.29, 0.717) is 13.0 Å². The van der Waals surface area contributed by atoms with E-state index in [0.717, 1.165) is 29.6 Å². The lowest BCUT2D eigenvalue weighted by atomic mass is 10.2. The second-order valence-electron chi connectivity index (χ2n) is 4.60. The molecule has 2 aromatic rings. The Morgan fingerprint density at radius 2 is 2.20 bits per heavy atom. The van der Waals surface area contributed by atoms with Gasteiger partial charge in [0.05, 0.1) is 18.7 Å². The third-order valence-electron chi connectivity index (χ3n) is 3.06. The van der Waals surface area contributed by atoms with Crippen LogP contribution in [0, 0.1) is 11.3 Å². The van der Waals surface area contributed by atoms with Gasteiger partial charge in [0.25, 0.3) is 0 Å². The molecule has 1 N–H and O–H groups in total. The van der Waals surface area contributed by atoms with Gasteiger partial charge in [-0.3, -0.25) is 4.98 Å². The molecule has 1 unspecified atom stereocenters. The second kappa shape index (κ2) is 7.46. The maximum absolute atomic E-state index is 9.04. The zero-order valence-electron chi connectivity index (χ0n) is 11.7. The van der Waals surface area contributed by atoms with Crippen LogP contribution in [0.3, 0.4) is 0 Å². The molecule has 0 saturated carbocycles. The summed E-state index contributed by atoms with van der Waals surface area (Å²) < 4.78 is 5.78. The summed E-state index contributed by atoms with van der Waals surface area (Å²) in [6.07, 6.45) is 3.45. The van der Waals surface area contributed by atoms with Gasteiger partial charge in [-0.05, 0) is 25.1 Å². The van der Waals surface area contributed by atoms with Crippen molar-refractivity contribution in [3.8, 4) is 11.8 Å². The van der Waals surface area contributed by atoms with E-state index in [2.05, 4.69) is 23.3 Å². The minimum Gasteiger partial charge on any atom is -0.491 e. The smallest absolute Gasteiger partial charge is 0.145 e. The summed E-state index contributed by atoms with van der Waals surface area (Å²) in [6, 6.07) is 11.9. The fraction of sp³-hybridized carbons (Fsp3) is 0.375. The van der Waals surface area contributed by atoms with Crippen LogP contribution in [0.25, 0.3) is 10.9 Å². The summed E-state index contributed by atoms with van der Waals surface area (Å²) in [5.74, 6) is 0.773. The van der Waals surface area contributed by atoms with E-state index in [9.17, 15) is 0 Å². The normalized spacial score (nSPS) is 12.0. The molecule has 0 aliphatic rings. The quantitative estimate of drug-likeness (QED) is 0.839. The van der Waals surface area contributed by atoms with E-state index in [-0.39, 0.29) is 6.04 Å². The SMILES string of the molecule is CCCNC(C#N)CCOc1cccc2cccnc12. The van der Waals surface area contributed by atoms with E-state index in [1.54, 1.807) is 6.20 Å². The lowest BCUT2D eigenvalue weighted by Gasteiger charge is -2.12. The average Bonchev–Trinajstić information content (AvgIpc) is 2.51. The molecule has 0 aliphatic carbocycles. The molecule has 4 heteroatoms. The summed E-state index contributed by atoms with van der Waals surface area (Å²) in [5.41, 5.74) is 0.866. The fourth-order valence-electron chi connectivity index (χ4n) is 2.01. The Labute approximate surface area is 119 Å². The second-order valence-corrected chi connectivity index (χ2v) is 4.60. The fourth-order valence-corrected chi connectivity index (χ4v) is 2.01. The minimum absolute atomic E-state index is 0.155. The molecular formula is C16H19N3O. The predicted molar refractivity (Wildman–Crippen MR) is 79.5 cm³/mol. The number of hydrogen-bond acceptors (Lipinski definition) is 4. The number of hydrogen-bond donors (Lipinski definition) is 1. The van der Waals surface area contributed by atoms with Gasteiger partial charge in [0.15, 0.2) is 0 Å². The molecule has 1 atom stereocenters. The van der Waals surface area contributed by atoms with Crippen molar-refractivity contribution < 1.29 is 4.74 Å². The molecule has 0 bridgehead atoms. The van der Waals surface area contributed by atoms with Gasteiger partial charge in [-0.15, -0.1) is 0 Å². The first kappa shape index (κ1) is 14.3. The monoisotopic (exact) mass is 269 g/mol. The maximum atomic E-state index is 9.04. The van der Waals surface area contributed by atoms with Gasteiger partial charge in [0.1, 0.15) is 11.3 Å². The van der Waals surface area contributed by atoms with E-state index >= 15 is 0 Å². The van der Waals surface area contributed by atoms with Crippen molar-refractivity contribution in [2.45, 2.75) is 25.8 Å². The first-order chi connectivity index (χ1) is 9.85. The topological polar surface area (TPSA) is 57.9 Å². The number of fused-ring (bicyclic) bond motifs is 1. The Morgan fingerprint density at radius 1 is 1.35 bits per heavy atom. The number of nitriles is 1. The Balaban J connectivity index is 1.94. The average molecular weight is 269 g/mol. The first-order valence-electron chi connectivity index (χ1n) is 6.94. The van der Waals surface area contributed by atoms with Crippen molar-refractivity contribution in [1.29, 1.82) is 5.26 Å². The lowest BCUT2D eigenvalue weighted by Crippen LogP contribution is -2.29. The van der Waals surface area contributed by atoms with Crippen LogP contribution >= 0.6 is 0 Å². The molecule has 0 radical (unpaired) electrons. The lowest BCUT2D eigenvalue weighted by molar-refractivity contribution is 0.300. The van der Waals surface area contributed by atoms with Crippen molar-refractivity contribution >= 4 is 10.9 Å². The van der Waals surface area contributed by atoms with Gasteiger partial charge in [-0.1, -0.05) is 25.1 Å². The zero-order chi connectivity index (χ0) is 14.2. The van der Waals surface area contributed by atoms with Crippen LogP contribution < -0.4 is 10.1 Å². The number of ether oxygens (including phenoxy) is 1. The highest BCUT2D eigenvalue weighted by molar-refractivity contribution is 5.84. The van der Waals surface area contributed by atoms with E-state index in [1.807, 2.05) is 30.3 Å². The minimum atomic E-state index is -0.155. The highest BCUT2D eigenvalue weighted by Crippen LogP contribution is 2.22. The van der Waals surface area contributed by atoms with Gasteiger partial charge >= 0.3 is 0 Å². The number of aromatic nitrogens is 1. The van der Waals surface area contributed by atoms with Gasteiger partial charge in [-0.25, -0.2) is 0 Å².